The van der Waals surface area contributed by atoms with Gasteiger partial charge in [0.1, 0.15) is 11.7 Å². The highest BCUT2D eigenvalue weighted by Crippen LogP contribution is 2.41. The standard InChI is InChI=1S/C17H15F2N5O2/c1-23-10-20-8-13(23)16(25)24-9-17(18,19)7-12(24)15-22-21-14(26-15)11-5-3-2-4-6-11/h2-6,8,10,12H,7,9H2,1H3/t12-/m0/s1. The Morgan fingerprint density at radius 3 is 2.73 bits per heavy atom. The zero-order valence-electron chi connectivity index (χ0n) is 13.8. The van der Waals surface area contributed by atoms with Crippen molar-refractivity contribution >= 4 is 5.91 Å². The quantitative estimate of drug-likeness (QED) is 0.719. The Hall–Kier alpha value is -3.10. The highest BCUT2D eigenvalue weighted by atomic mass is 19.3. The minimum absolute atomic E-state index is 0.00320. The van der Waals surface area contributed by atoms with Crippen molar-refractivity contribution < 1.29 is 18.0 Å². The van der Waals surface area contributed by atoms with Crippen LogP contribution in [0, 0.1) is 0 Å². The smallest absolute Gasteiger partial charge is 0.273 e. The van der Waals surface area contributed by atoms with E-state index in [0.717, 1.165) is 4.90 Å². The lowest BCUT2D eigenvalue weighted by molar-refractivity contribution is 0.0116. The number of hydrogen-bond donors (Lipinski definition) is 0. The molecule has 3 aromatic rings. The van der Waals surface area contributed by atoms with Crippen LogP contribution < -0.4 is 0 Å². The molecule has 1 aromatic carbocycles. The van der Waals surface area contributed by atoms with Crippen LogP contribution in [-0.2, 0) is 7.05 Å². The predicted molar refractivity (Wildman–Crippen MR) is 86.3 cm³/mol. The van der Waals surface area contributed by atoms with Crippen LogP contribution in [0.4, 0.5) is 8.78 Å². The van der Waals surface area contributed by atoms with E-state index in [1.165, 1.54) is 17.1 Å². The number of imidazole rings is 1. The van der Waals surface area contributed by atoms with Gasteiger partial charge in [-0.3, -0.25) is 4.79 Å². The first kappa shape index (κ1) is 16.4. The molecule has 0 radical (unpaired) electrons. The van der Waals surface area contributed by atoms with Gasteiger partial charge in [-0.1, -0.05) is 18.2 Å². The molecule has 7 nitrogen and oxygen atoms in total. The van der Waals surface area contributed by atoms with E-state index in [-0.39, 0.29) is 17.5 Å². The number of carbonyl (C=O) groups is 1. The molecule has 0 aliphatic carbocycles. The Balaban J connectivity index is 1.67. The van der Waals surface area contributed by atoms with Crippen LogP contribution in [0.25, 0.3) is 11.5 Å². The Morgan fingerprint density at radius 1 is 1.27 bits per heavy atom. The number of rotatable bonds is 3. The van der Waals surface area contributed by atoms with E-state index in [4.69, 9.17) is 4.42 Å². The summed E-state index contributed by atoms with van der Waals surface area (Å²) in [4.78, 5) is 17.7. The lowest BCUT2D eigenvalue weighted by Crippen LogP contribution is -2.34. The zero-order valence-corrected chi connectivity index (χ0v) is 13.8. The fourth-order valence-electron chi connectivity index (χ4n) is 3.03. The molecule has 1 aliphatic rings. The first-order valence-corrected chi connectivity index (χ1v) is 7.98. The number of likely N-dealkylation sites (tertiary alicyclic amines) is 1. The molecule has 4 rings (SSSR count). The Labute approximate surface area is 147 Å². The van der Waals surface area contributed by atoms with Gasteiger partial charge in [0.15, 0.2) is 0 Å². The number of nitrogens with zero attached hydrogens (tertiary/aromatic N) is 5. The number of hydrogen-bond acceptors (Lipinski definition) is 5. The van der Waals surface area contributed by atoms with E-state index >= 15 is 0 Å². The SMILES string of the molecule is Cn1cncc1C(=O)N1CC(F)(F)C[C@H]1c1nnc(-c2ccccc2)o1. The van der Waals surface area contributed by atoms with Crippen molar-refractivity contribution in [2.24, 2.45) is 7.05 Å². The van der Waals surface area contributed by atoms with Crippen LogP contribution in [0.2, 0.25) is 0 Å². The molecule has 134 valence electrons. The molecule has 0 spiro atoms. The maximum atomic E-state index is 14.1. The number of amides is 1. The van der Waals surface area contributed by atoms with Crippen LogP contribution in [0.3, 0.4) is 0 Å². The second-order valence-corrected chi connectivity index (χ2v) is 6.21. The van der Waals surface area contributed by atoms with Gasteiger partial charge in [0.05, 0.1) is 19.1 Å². The van der Waals surface area contributed by atoms with E-state index in [0.29, 0.717) is 5.56 Å². The van der Waals surface area contributed by atoms with E-state index in [1.807, 2.05) is 6.07 Å². The van der Waals surface area contributed by atoms with E-state index in [9.17, 15) is 13.6 Å². The Morgan fingerprint density at radius 2 is 2.04 bits per heavy atom. The summed E-state index contributed by atoms with van der Waals surface area (Å²) in [7, 11) is 1.63. The van der Waals surface area contributed by atoms with Gasteiger partial charge in [-0.25, -0.2) is 13.8 Å². The highest BCUT2D eigenvalue weighted by Gasteiger charge is 2.50. The third-order valence-corrected chi connectivity index (χ3v) is 4.31. The first-order valence-electron chi connectivity index (χ1n) is 7.98. The second-order valence-electron chi connectivity index (χ2n) is 6.21. The molecule has 0 bridgehead atoms. The minimum atomic E-state index is -3.03. The fourth-order valence-corrected chi connectivity index (χ4v) is 3.03. The maximum absolute atomic E-state index is 14.1. The number of carbonyl (C=O) groups excluding carboxylic acids is 1. The van der Waals surface area contributed by atoms with Crippen molar-refractivity contribution in [3.05, 3.63) is 54.4 Å². The van der Waals surface area contributed by atoms with Gasteiger partial charge in [0.2, 0.25) is 11.8 Å². The minimum Gasteiger partial charge on any atom is -0.418 e. The van der Waals surface area contributed by atoms with Crippen LogP contribution in [0.15, 0.2) is 47.3 Å². The number of halogens is 2. The lowest BCUT2D eigenvalue weighted by atomic mass is 10.2. The molecule has 1 atom stereocenters. The first-order chi connectivity index (χ1) is 12.4. The molecule has 0 unspecified atom stereocenters. The molecular formula is C17H15F2N5O2. The van der Waals surface area contributed by atoms with E-state index in [2.05, 4.69) is 15.2 Å². The molecule has 1 amide bonds. The topological polar surface area (TPSA) is 77.1 Å². The average Bonchev–Trinajstić information content (AvgIpc) is 3.33. The Kier molecular flexibility index (Phi) is 3.78. The summed E-state index contributed by atoms with van der Waals surface area (Å²) in [5, 5.41) is 7.85. The van der Waals surface area contributed by atoms with E-state index < -0.39 is 30.8 Å². The normalized spacial score (nSPS) is 19.0. The summed E-state index contributed by atoms with van der Waals surface area (Å²) in [6.45, 7) is -0.704. The van der Waals surface area contributed by atoms with Gasteiger partial charge < -0.3 is 13.9 Å². The lowest BCUT2D eigenvalue weighted by Gasteiger charge is -2.21. The van der Waals surface area contributed by atoms with Crippen molar-refractivity contribution in [3.8, 4) is 11.5 Å². The summed E-state index contributed by atoms with van der Waals surface area (Å²) in [6, 6.07) is 8.02. The summed E-state index contributed by atoms with van der Waals surface area (Å²) in [5.74, 6) is -3.35. The number of alkyl halides is 2. The maximum Gasteiger partial charge on any atom is 0.273 e. The molecule has 1 fully saturated rings. The van der Waals surface area contributed by atoms with Crippen molar-refractivity contribution in [3.63, 3.8) is 0 Å². The average molecular weight is 359 g/mol. The highest BCUT2D eigenvalue weighted by molar-refractivity contribution is 5.93. The van der Waals surface area contributed by atoms with Crippen molar-refractivity contribution in [2.75, 3.05) is 6.54 Å². The summed E-state index contributed by atoms with van der Waals surface area (Å²) in [5.41, 5.74) is 0.899. The summed E-state index contributed by atoms with van der Waals surface area (Å²) >= 11 is 0. The molecule has 1 aliphatic heterocycles. The van der Waals surface area contributed by atoms with Crippen molar-refractivity contribution in [1.82, 2.24) is 24.6 Å². The molecular weight excluding hydrogens is 344 g/mol. The van der Waals surface area contributed by atoms with Crippen LogP contribution in [-0.4, -0.2) is 43.0 Å². The third-order valence-electron chi connectivity index (χ3n) is 4.31. The van der Waals surface area contributed by atoms with Gasteiger partial charge >= 0.3 is 0 Å². The van der Waals surface area contributed by atoms with Crippen LogP contribution >= 0.6 is 0 Å². The predicted octanol–water partition coefficient (Wildman–Crippen LogP) is 2.69. The molecule has 0 N–H and O–H groups in total. The Bertz CT molecular complexity index is 938. The third kappa shape index (κ3) is 2.85. The van der Waals surface area contributed by atoms with Crippen LogP contribution in [0.1, 0.15) is 28.8 Å². The van der Waals surface area contributed by atoms with Gasteiger partial charge in [-0.15, -0.1) is 10.2 Å². The van der Waals surface area contributed by atoms with Gasteiger partial charge in [0.25, 0.3) is 11.8 Å². The molecule has 0 saturated carbocycles. The number of aryl methyl sites for hydroxylation is 1. The van der Waals surface area contributed by atoms with E-state index in [1.54, 1.807) is 31.3 Å². The molecule has 1 saturated heterocycles. The fraction of sp³-hybridized carbons (Fsp3) is 0.294. The molecule has 3 heterocycles. The molecule has 2 aromatic heterocycles. The molecule has 26 heavy (non-hydrogen) atoms. The van der Waals surface area contributed by atoms with Crippen molar-refractivity contribution in [1.29, 1.82) is 0 Å². The second kappa shape index (κ2) is 6.01. The summed E-state index contributed by atoms with van der Waals surface area (Å²) in [6.07, 6.45) is 2.22. The molecule has 9 heteroatoms. The van der Waals surface area contributed by atoms with Crippen molar-refractivity contribution in [2.45, 2.75) is 18.4 Å². The van der Waals surface area contributed by atoms with Gasteiger partial charge in [0, 0.05) is 19.0 Å². The monoisotopic (exact) mass is 359 g/mol. The number of aromatic nitrogens is 4. The zero-order chi connectivity index (χ0) is 18.3. The largest absolute Gasteiger partial charge is 0.418 e. The van der Waals surface area contributed by atoms with Gasteiger partial charge in [-0.05, 0) is 12.1 Å². The van der Waals surface area contributed by atoms with Crippen LogP contribution in [0.5, 0.6) is 0 Å². The summed E-state index contributed by atoms with van der Waals surface area (Å²) < 4.78 is 35.2. The number of benzene rings is 1. The van der Waals surface area contributed by atoms with Gasteiger partial charge in [-0.2, -0.15) is 0 Å².